The van der Waals surface area contributed by atoms with E-state index >= 15 is 0 Å². The van der Waals surface area contributed by atoms with Crippen LogP contribution in [0.5, 0.6) is 0 Å². The molecule has 10 nitrogen and oxygen atoms in total. The Morgan fingerprint density at radius 1 is 0.682 bits per heavy atom. The Morgan fingerprint density at radius 3 is 1.41 bits per heavy atom. The summed E-state index contributed by atoms with van der Waals surface area (Å²) in [5.74, 6) is 0. The smallest absolute Gasteiger partial charge is 0.668 e. The summed E-state index contributed by atoms with van der Waals surface area (Å²) >= 11 is 0. The fourth-order valence-electron chi connectivity index (χ4n) is 5.55. The maximum atomic E-state index is 5.45. The second-order valence-electron chi connectivity index (χ2n) is 15.7. The molecule has 3 rings (SSSR count). The molecule has 3 aromatic rings. The van der Waals surface area contributed by atoms with Crippen LogP contribution in [0, 0.1) is 0 Å². The molecule has 3 aromatic heterocycles. The van der Waals surface area contributed by atoms with E-state index in [4.69, 9.17) is 24.0 Å². The van der Waals surface area contributed by atoms with Gasteiger partial charge in [0.25, 0.3) is 0 Å². The van der Waals surface area contributed by atoms with E-state index in [9.17, 15) is 0 Å². The topological polar surface area (TPSA) is 97.8 Å². The van der Waals surface area contributed by atoms with E-state index in [1.54, 1.807) is 21.3 Å². The molecule has 0 bridgehead atoms. The van der Waals surface area contributed by atoms with Crippen LogP contribution in [0.25, 0.3) is 4.65 Å². The van der Waals surface area contributed by atoms with Crippen LogP contribution in [0.4, 0.5) is 0 Å². The van der Waals surface area contributed by atoms with Gasteiger partial charge >= 0.3 is 44.9 Å². The number of rotatable bonds is 14. The van der Waals surface area contributed by atoms with Gasteiger partial charge in [0.1, 0.15) is 0 Å². The van der Waals surface area contributed by atoms with Gasteiger partial charge in [-0.1, -0.05) is 69.6 Å². The second kappa shape index (κ2) is 16.4. The molecule has 0 aliphatic carbocycles. The van der Waals surface area contributed by atoms with Crippen LogP contribution in [0.15, 0.2) is 36.8 Å². The maximum absolute atomic E-state index is 5.45. The molecule has 0 fully saturated rings. The standard InChI is InChI=1S/C24H40BN6O3.C6H18NSi2.Ca/c1-22(2,16-32-7)19-10-13-29(26-19)25(30-14-11-20(27-30)23(3,4)17-33-8)31-15-12-21(28-31)24(5,6)18-34-9;1-8(2,3)7-9(4,5)6;/h10-15,25H,16-18H2,1-9H3;1-6H3;/q2*-1;+2/p+2. The summed E-state index contributed by atoms with van der Waals surface area (Å²) in [4.78, 5) is 0. The summed E-state index contributed by atoms with van der Waals surface area (Å²) in [7, 11) is 1.59. The molecule has 0 unspecified atom stereocenters. The molecule has 0 aliphatic heterocycles. The van der Waals surface area contributed by atoms with Gasteiger partial charge < -0.3 is 23.5 Å². The van der Waals surface area contributed by atoms with Crippen LogP contribution in [0.1, 0.15) is 58.6 Å². The summed E-state index contributed by atoms with van der Waals surface area (Å²) in [6.07, 6.45) is 6.22. The second-order valence-corrected chi connectivity index (χ2v) is 25.3. The SMILES string of the molecule is COCC(C)(C)c1ccn([BH-](n2ccc(C(C)(C)COC)[nH+]2)n2ccc(C(C)(C)COC)[nH+]2)n1.C[Si](C)(C)[N-][Si](C)(C)C.[Ca+2]. The van der Waals surface area contributed by atoms with Gasteiger partial charge in [0.05, 0.1) is 36.3 Å². The van der Waals surface area contributed by atoms with Crippen molar-refractivity contribution in [2.24, 2.45) is 0 Å². The monoisotopic (exact) mass is 673 g/mol. The fraction of sp³-hybridized carbons (Fsp3) is 0.700. The number of ether oxygens (including phenoxy) is 3. The number of hydrogen-bond acceptors (Lipinski definition) is 4. The van der Waals surface area contributed by atoms with E-state index in [0.717, 1.165) is 17.1 Å². The normalized spacial score (nSPS) is 13.1. The zero-order chi connectivity index (χ0) is 32.9. The average molecular weight is 674 g/mol. The maximum Gasteiger partial charge on any atom is 2.00 e. The van der Waals surface area contributed by atoms with E-state index in [-0.39, 0.29) is 54.0 Å². The van der Waals surface area contributed by atoms with Crippen molar-refractivity contribution >= 4 is 61.3 Å². The Hall–Kier alpha value is -0.772. The predicted octanol–water partition coefficient (Wildman–Crippen LogP) is 4.20. The Labute approximate surface area is 299 Å². The van der Waals surface area contributed by atoms with Crippen molar-refractivity contribution in [2.45, 2.75) is 97.1 Å². The minimum absolute atomic E-state index is 0. The van der Waals surface area contributed by atoms with Crippen LogP contribution in [-0.2, 0) is 30.5 Å². The van der Waals surface area contributed by atoms with Gasteiger partial charge in [-0.25, -0.2) is 5.10 Å². The number of nitrogens with one attached hydrogen (secondary N) is 2. The van der Waals surface area contributed by atoms with Crippen molar-refractivity contribution in [3.8, 4) is 0 Å². The Morgan fingerprint density at radius 2 is 1.07 bits per heavy atom. The molecule has 0 aliphatic rings. The molecule has 0 spiro atoms. The Balaban J connectivity index is 0.000000842. The fourth-order valence-corrected chi connectivity index (χ4v) is 13.6. The Kier molecular flexibility index (Phi) is 15.3. The Bertz CT molecular complexity index is 1130. The van der Waals surface area contributed by atoms with Gasteiger partial charge in [-0.3, -0.25) is 9.19 Å². The number of methoxy groups -OCH3 is 3. The van der Waals surface area contributed by atoms with E-state index in [1.807, 2.05) is 10.8 Å². The zero-order valence-corrected chi connectivity index (χ0v) is 34.7. The number of hydrogen-bond donors (Lipinski definition) is 0. The van der Waals surface area contributed by atoms with E-state index < -0.39 is 23.6 Å². The van der Waals surface area contributed by atoms with Crippen molar-refractivity contribution in [3.63, 3.8) is 0 Å². The van der Waals surface area contributed by atoms with Crippen LogP contribution < -0.4 is 10.2 Å². The van der Waals surface area contributed by atoms with Crippen molar-refractivity contribution in [1.29, 1.82) is 0 Å². The molecule has 2 N–H and O–H groups in total. The van der Waals surface area contributed by atoms with E-state index in [2.05, 4.69) is 131 Å². The predicted molar refractivity (Wildman–Crippen MR) is 188 cm³/mol. The third-order valence-corrected chi connectivity index (χ3v) is 12.6. The summed E-state index contributed by atoms with van der Waals surface area (Å²) < 4.78 is 27.5. The average Bonchev–Trinajstić information content (AvgIpc) is 3.60. The molecular formula is C30H60BCaN7O3Si2+2. The minimum Gasteiger partial charge on any atom is -0.668 e. The molecule has 0 aromatic carbocycles. The molecule has 0 saturated heterocycles. The molecule has 3 heterocycles. The molecule has 14 heteroatoms. The largest absolute Gasteiger partial charge is 2.00 e. The first-order valence-electron chi connectivity index (χ1n) is 15.3. The summed E-state index contributed by atoms with van der Waals surface area (Å²) in [5, 5.41) is 12.2. The first kappa shape index (κ1) is 41.3. The first-order valence-corrected chi connectivity index (χ1v) is 22.2. The third kappa shape index (κ3) is 12.1. The molecule has 244 valence electrons. The minimum atomic E-state index is -1.39. The van der Waals surface area contributed by atoms with Gasteiger partial charge in [0, 0.05) is 51.3 Å². The summed E-state index contributed by atoms with van der Waals surface area (Å²) in [5.41, 5.74) is 2.71. The number of nitrogens with zero attached hydrogens (tertiary/aromatic N) is 5. The van der Waals surface area contributed by atoms with Crippen LogP contribution in [0.2, 0.25) is 39.3 Å². The van der Waals surface area contributed by atoms with Gasteiger partial charge in [-0.15, -0.1) is 0 Å². The molecular weight excluding hydrogens is 613 g/mol. The van der Waals surface area contributed by atoms with E-state index in [0.29, 0.717) is 19.8 Å². The van der Waals surface area contributed by atoms with Crippen LogP contribution >= 0.6 is 0 Å². The van der Waals surface area contributed by atoms with Gasteiger partial charge in [0.15, 0.2) is 0 Å². The third-order valence-electron chi connectivity index (χ3n) is 7.25. The van der Waals surface area contributed by atoms with Crippen molar-refractivity contribution in [3.05, 3.63) is 58.5 Å². The van der Waals surface area contributed by atoms with Crippen LogP contribution in [0.3, 0.4) is 0 Å². The van der Waals surface area contributed by atoms with Gasteiger partial charge in [0.2, 0.25) is 11.4 Å². The van der Waals surface area contributed by atoms with Crippen molar-refractivity contribution in [2.75, 3.05) is 41.2 Å². The van der Waals surface area contributed by atoms with Crippen molar-refractivity contribution in [1.82, 2.24) is 18.9 Å². The van der Waals surface area contributed by atoms with Crippen LogP contribution in [-0.4, -0.2) is 121 Å². The molecule has 0 radical (unpaired) electrons. The summed E-state index contributed by atoms with van der Waals surface area (Å²) in [6.45, 7) is 28.6. The molecule has 44 heavy (non-hydrogen) atoms. The summed E-state index contributed by atoms with van der Waals surface area (Å²) in [6, 6.07) is 6.33. The van der Waals surface area contributed by atoms with Gasteiger partial charge in [-0.05, 0) is 40.0 Å². The first-order chi connectivity index (χ1) is 19.7. The molecule has 0 atom stereocenters. The number of H-pyrrole nitrogens is 2. The van der Waals surface area contributed by atoms with E-state index in [1.165, 1.54) is 0 Å². The number of aromatic amines is 2. The van der Waals surface area contributed by atoms with Crippen molar-refractivity contribution < 1.29 is 24.4 Å². The zero-order valence-electron chi connectivity index (χ0n) is 30.5. The number of aromatic nitrogens is 6. The molecule has 0 saturated carbocycles. The molecule has 0 amide bonds. The quantitative estimate of drug-likeness (QED) is 0.240. The van der Waals surface area contributed by atoms with Gasteiger partial charge in [-0.2, -0.15) is 10.2 Å².